The number of carbonyl (C=O) groups is 6. The van der Waals surface area contributed by atoms with Crippen molar-refractivity contribution in [1.82, 2.24) is 25.0 Å². The molecule has 0 spiro atoms. The lowest BCUT2D eigenvalue weighted by atomic mass is 9.94. The molecule has 0 radical (unpaired) electrons. The molecule has 1 atom stereocenters. The van der Waals surface area contributed by atoms with Gasteiger partial charge >= 0.3 is 0 Å². The molecular weight excluding hydrogens is 953 g/mol. The predicted octanol–water partition coefficient (Wildman–Crippen LogP) is 6.58. The van der Waals surface area contributed by atoms with Gasteiger partial charge in [0.2, 0.25) is 23.6 Å². The van der Waals surface area contributed by atoms with Crippen molar-refractivity contribution in [2.75, 3.05) is 86.4 Å². The lowest BCUT2D eigenvalue weighted by molar-refractivity contribution is -0.136. The molecule has 3 N–H and O–H groups in total. The zero-order valence-corrected chi connectivity index (χ0v) is 41.0. The summed E-state index contributed by atoms with van der Waals surface area (Å²) >= 11 is 0. The van der Waals surface area contributed by atoms with Crippen molar-refractivity contribution in [2.45, 2.75) is 63.5 Å². The number of likely N-dealkylation sites (tertiary alicyclic amines) is 1. The van der Waals surface area contributed by atoms with Crippen LogP contribution in [0.2, 0.25) is 0 Å². The number of anilines is 4. The van der Waals surface area contributed by atoms with Crippen LogP contribution < -0.4 is 35.2 Å². The highest BCUT2D eigenvalue weighted by Crippen LogP contribution is 2.48. The van der Waals surface area contributed by atoms with Crippen LogP contribution in [0.3, 0.4) is 0 Å². The average Bonchev–Trinajstić information content (AvgIpc) is 4.20. The van der Waals surface area contributed by atoms with Gasteiger partial charge in [0.25, 0.3) is 11.8 Å². The third kappa shape index (κ3) is 9.49. The van der Waals surface area contributed by atoms with E-state index in [1.807, 2.05) is 11.0 Å². The number of piperazine rings is 1. The van der Waals surface area contributed by atoms with Crippen LogP contribution in [0.1, 0.15) is 72.1 Å². The van der Waals surface area contributed by atoms with E-state index in [-0.39, 0.29) is 29.7 Å². The van der Waals surface area contributed by atoms with Gasteiger partial charge < -0.3 is 34.8 Å². The van der Waals surface area contributed by atoms with E-state index in [4.69, 9.17) is 14.5 Å². The SMILES string of the molecule is COc1cc2c(Oc3ccc(NC(=O)C4(C(=O)Nc5ccc(F)cc5)CC4)cc3)ccnc2cc1N1CCC(CN2CCC(N3CCN(c4c(F)ccc5c4C(=O)N(C4CCC(=O)NC4=O)C5=O)CC3)CC2)CC1. The summed E-state index contributed by atoms with van der Waals surface area (Å²) in [5.74, 6) is -1.89. The Labute approximate surface area is 426 Å². The number of nitrogens with one attached hydrogen (secondary N) is 3. The topological polar surface area (TPSA) is 186 Å². The molecule has 5 aromatic rings. The highest BCUT2D eigenvalue weighted by atomic mass is 19.1. The van der Waals surface area contributed by atoms with Gasteiger partial charge in [0.15, 0.2) is 0 Å². The Morgan fingerprint density at radius 2 is 1.42 bits per heavy atom. The van der Waals surface area contributed by atoms with E-state index in [0.29, 0.717) is 73.9 Å². The number of imide groups is 2. The largest absolute Gasteiger partial charge is 0.495 e. The summed E-state index contributed by atoms with van der Waals surface area (Å²) in [5.41, 5.74) is 1.69. The number of hydrogen-bond donors (Lipinski definition) is 3. The quantitative estimate of drug-likeness (QED) is 0.0850. The summed E-state index contributed by atoms with van der Waals surface area (Å²) in [4.78, 5) is 92.7. The molecule has 6 amide bonds. The van der Waals surface area contributed by atoms with E-state index < -0.39 is 58.5 Å². The molecule has 1 aromatic heterocycles. The van der Waals surface area contributed by atoms with Crippen LogP contribution in [0.4, 0.5) is 31.5 Å². The van der Waals surface area contributed by atoms with E-state index in [1.54, 1.807) is 43.6 Å². The van der Waals surface area contributed by atoms with Gasteiger partial charge in [-0.05, 0) is 143 Å². The maximum Gasteiger partial charge on any atom is 0.264 e. The van der Waals surface area contributed by atoms with Crippen LogP contribution in [0, 0.1) is 23.0 Å². The molecule has 0 bridgehead atoms. The van der Waals surface area contributed by atoms with Gasteiger partial charge in [0.1, 0.15) is 40.3 Å². The highest BCUT2D eigenvalue weighted by Gasteiger charge is 2.56. The van der Waals surface area contributed by atoms with Crippen molar-refractivity contribution in [3.63, 3.8) is 0 Å². The number of hydrogen-bond acceptors (Lipinski definition) is 13. The van der Waals surface area contributed by atoms with Crippen LogP contribution in [-0.4, -0.2) is 133 Å². The number of benzene rings is 4. The van der Waals surface area contributed by atoms with E-state index in [0.717, 1.165) is 85.6 Å². The molecule has 1 unspecified atom stereocenters. The number of fused-ring (bicyclic) bond motifs is 2. The number of piperidine rings is 3. The van der Waals surface area contributed by atoms with Crippen molar-refractivity contribution in [1.29, 1.82) is 0 Å². The molecule has 74 heavy (non-hydrogen) atoms. The second-order valence-corrected chi connectivity index (χ2v) is 20.2. The first-order chi connectivity index (χ1) is 35.8. The third-order valence-corrected chi connectivity index (χ3v) is 15.8. The molecule has 17 nitrogen and oxygen atoms in total. The monoisotopic (exact) mass is 1010 g/mol. The van der Waals surface area contributed by atoms with E-state index in [9.17, 15) is 33.2 Å². The number of aromatic nitrogens is 1. The predicted molar refractivity (Wildman–Crippen MR) is 271 cm³/mol. The Bertz CT molecular complexity index is 3040. The van der Waals surface area contributed by atoms with Crippen LogP contribution >= 0.6 is 0 Å². The first-order valence-corrected chi connectivity index (χ1v) is 25.5. The van der Waals surface area contributed by atoms with Crippen LogP contribution in [0.15, 0.2) is 85.1 Å². The Morgan fingerprint density at radius 1 is 0.743 bits per heavy atom. The number of amides is 6. The van der Waals surface area contributed by atoms with Gasteiger partial charge in [0, 0.05) is 81.2 Å². The number of carbonyl (C=O) groups excluding carboxylic acids is 6. The van der Waals surface area contributed by atoms with Gasteiger partial charge in [-0.3, -0.25) is 48.9 Å². The molecule has 6 aliphatic rings. The van der Waals surface area contributed by atoms with Gasteiger partial charge in [-0.15, -0.1) is 0 Å². The molecule has 1 saturated carbocycles. The van der Waals surface area contributed by atoms with Crippen LogP contribution in [0.25, 0.3) is 10.9 Å². The molecule has 384 valence electrons. The van der Waals surface area contributed by atoms with Gasteiger partial charge in [-0.1, -0.05) is 0 Å². The zero-order valence-electron chi connectivity index (χ0n) is 41.0. The lowest BCUT2D eigenvalue weighted by Crippen LogP contribution is -2.54. The normalized spacial score (nSPS) is 20.6. The maximum absolute atomic E-state index is 15.6. The van der Waals surface area contributed by atoms with Crippen molar-refractivity contribution < 1.29 is 47.0 Å². The second kappa shape index (κ2) is 20.1. The first-order valence-electron chi connectivity index (χ1n) is 25.5. The first kappa shape index (κ1) is 48.7. The van der Waals surface area contributed by atoms with Crippen molar-refractivity contribution >= 4 is 69.1 Å². The fourth-order valence-electron chi connectivity index (χ4n) is 11.4. The van der Waals surface area contributed by atoms with E-state index in [2.05, 4.69) is 36.7 Å². The van der Waals surface area contributed by atoms with Gasteiger partial charge in [0.05, 0.1) is 35.1 Å². The summed E-state index contributed by atoms with van der Waals surface area (Å²) in [6.07, 6.45) is 6.74. The molecule has 11 rings (SSSR count). The van der Waals surface area contributed by atoms with Crippen molar-refractivity contribution in [2.24, 2.45) is 11.3 Å². The number of rotatable bonds is 13. The molecule has 4 saturated heterocycles. The fourth-order valence-corrected chi connectivity index (χ4v) is 11.4. The minimum Gasteiger partial charge on any atom is -0.495 e. The van der Waals surface area contributed by atoms with Gasteiger partial charge in [-0.2, -0.15) is 0 Å². The summed E-state index contributed by atoms with van der Waals surface area (Å²) < 4.78 is 41.3. The van der Waals surface area contributed by atoms with Crippen LogP contribution in [-0.2, 0) is 19.2 Å². The smallest absolute Gasteiger partial charge is 0.264 e. The second-order valence-electron chi connectivity index (χ2n) is 20.2. The maximum atomic E-state index is 15.6. The third-order valence-electron chi connectivity index (χ3n) is 15.8. The molecule has 5 aliphatic heterocycles. The average molecular weight is 1010 g/mol. The van der Waals surface area contributed by atoms with Crippen LogP contribution in [0.5, 0.6) is 17.2 Å². The number of pyridine rings is 1. The fraction of sp³-hybridized carbons (Fsp3) is 0.400. The molecule has 19 heteroatoms. The Kier molecular flexibility index (Phi) is 13.2. The summed E-state index contributed by atoms with van der Waals surface area (Å²) in [7, 11) is 1.67. The van der Waals surface area contributed by atoms with Crippen molar-refractivity contribution in [3.05, 3.63) is 108 Å². The van der Waals surface area contributed by atoms with E-state index >= 15 is 4.39 Å². The zero-order chi connectivity index (χ0) is 51.3. The Balaban J connectivity index is 0.648. The minimum atomic E-state index is -1.18. The highest BCUT2D eigenvalue weighted by molar-refractivity contribution is 6.25. The number of methoxy groups -OCH3 is 1. The molecule has 6 heterocycles. The Hall–Kier alpha value is -7.51. The Morgan fingerprint density at radius 3 is 2.07 bits per heavy atom. The van der Waals surface area contributed by atoms with Gasteiger partial charge in [-0.25, -0.2) is 8.78 Å². The molecular formula is C55H57F2N9O8. The summed E-state index contributed by atoms with van der Waals surface area (Å²) in [6, 6.07) is 20.0. The molecule has 4 aromatic carbocycles. The number of nitrogens with zero attached hydrogens (tertiary/aromatic N) is 6. The van der Waals surface area contributed by atoms with Crippen molar-refractivity contribution in [3.8, 4) is 17.2 Å². The summed E-state index contributed by atoms with van der Waals surface area (Å²) in [6.45, 7) is 7.16. The lowest BCUT2D eigenvalue weighted by Gasteiger charge is -2.44. The standard InChI is InChI=1S/C55H57F2N9O8/c1-73-46-30-40-42(58-21-14-45(40)74-38-8-6-36(7-9-38)60-54(72)55(19-20-55)53(71)59-35-4-2-34(56)3-5-35)31-44(46)64-24-15-33(16-25-64)32-62-22-17-37(18-23-62)63-26-28-65(29-27-63)49-41(57)11-10-39-48(49)52(70)66(51(39)69)43-12-13-47(67)61-50(43)68/h2-11,14,21,30-31,33,37,43H,12-13,15-20,22-29,32H2,1H3,(H,59,71)(H,60,72)(H,61,67,68). The number of ether oxygens (including phenoxy) is 2. The van der Waals surface area contributed by atoms with E-state index in [1.165, 1.54) is 36.4 Å². The summed E-state index contributed by atoms with van der Waals surface area (Å²) in [5, 5.41) is 8.59. The minimum absolute atomic E-state index is 0.00697. The molecule has 1 aliphatic carbocycles. The number of halogens is 2. The molecule has 5 fully saturated rings.